The van der Waals surface area contributed by atoms with E-state index in [1.165, 1.54) is 0 Å². The normalized spacial score (nSPS) is 16.1. The molecule has 166 valence electrons. The van der Waals surface area contributed by atoms with E-state index >= 15 is 0 Å². The lowest BCUT2D eigenvalue weighted by Crippen LogP contribution is -2.36. The summed E-state index contributed by atoms with van der Waals surface area (Å²) in [6.07, 6.45) is 2.35. The molecule has 1 heterocycles. The van der Waals surface area contributed by atoms with Gasteiger partial charge in [-0.25, -0.2) is 0 Å². The molecule has 1 amide bonds. The van der Waals surface area contributed by atoms with Crippen LogP contribution in [0.15, 0.2) is 47.5 Å². The van der Waals surface area contributed by atoms with Gasteiger partial charge in [-0.15, -0.1) is 0 Å². The van der Waals surface area contributed by atoms with E-state index in [1.807, 2.05) is 24.3 Å². The van der Waals surface area contributed by atoms with Gasteiger partial charge in [0.05, 0.1) is 6.10 Å². The Hall–Kier alpha value is -3.06. The summed E-state index contributed by atoms with van der Waals surface area (Å²) >= 11 is 0. The van der Waals surface area contributed by atoms with Gasteiger partial charge in [0.1, 0.15) is 12.4 Å². The summed E-state index contributed by atoms with van der Waals surface area (Å²) in [6, 6.07) is 13.7. The van der Waals surface area contributed by atoms with Crippen LogP contribution in [-0.4, -0.2) is 45.3 Å². The van der Waals surface area contributed by atoms with Crippen molar-refractivity contribution in [2.45, 2.75) is 39.0 Å². The first-order chi connectivity index (χ1) is 15.1. The number of benzene rings is 2. The molecule has 0 radical (unpaired) electrons. The molecule has 1 unspecified atom stereocenters. The molecule has 1 aliphatic heterocycles. The highest BCUT2D eigenvalue weighted by Crippen LogP contribution is 2.22. The number of nitrogens with one attached hydrogen (secondary N) is 3. The third-order valence-electron chi connectivity index (χ3n) is 5.24. The topological polar surface area (TPSA) is 84.0 Å². The van der Waals surface area contributed by atoms with Crippen LogP contribution in [0.4, 0.5) is 0 Å². The standard InChI is InChI=1S/C24H32N4O3/c1-17-6-9-20(22(13-17)31-16-21-5-4-12-30-21)15-28-24(26-3)27-14-18-7-10-19(11-8-18)23(29)25-2/h6-11,13,21H,4-5,12,14-16H2,1-3H3,(H,25,29)(H2,26,27,28). The van der Waals surface area contributed by atoms with Crippen LogP contribution >= 0.6 is 0 Å². The van der Waals surface area contributed by atoms with Crippen LogP contribution < -0.4 is 20.7 Å². The molecular formula is C24H32N4O3. The van der Waals surface area contributed by atoms with E-state index in [9.17, 15) is 4.79 Å². The molecule has 7 heteroatoms. The van der Waals surface area contributed by atoms with Gasteiger partial charge in [-0.2, -0.15) is 0 Å². The van der Waals surface area contributed by atoms with Crippen LogP contribution in [0.3, 0.4) is 0 Å². The van der Waals surface area contributed by atoms with Gasteiger partial charge in [0.25, 0.3) is 5.91 Å². The van der Waals surface area contributed by atoms with Gasteiger partial charge >= 0.3 is 0 Å². The van der Waals surface area contributed by atoms with Crippen LogP contribution in [0.2, 0.25) is 0 Å². The number of aliphatic imine (C=N–C) groups is 1. The summed E-state index contributed by atoms with van der Waals surface area (Å²) in [5.74, 6) is 1.48. The minimum atomic E-state index is -0.0902. The van der Waals surface area contributed by atoms with Crippen LogP contribution in [0.5, 0.6) is 5.75 Å². The first kappa shape index (κ1) is 22.6. The van der Waals surface area contributed by atoms with Crippen molar-refractivity contribution >= 4 is 11.9 Å². The average molecular weight is 425 g/mol. The summed E-state index contributed by atoms with van der Waals surface area (Å²) in [6.45, 7) is 4.66. The lowest BCUT2D eigenvalue weighted by atomic mass is 10.1. The second-order valence-corrected chi connectivity index (χ2v) is 7.61. The largest absolute Gasteiger partial charge is 0.491 e. The lowest BCUT2D eigenvalue weighted by Gasteiger charge is -2.17. The minimum Gasteiger partial charge on any atom is -0.491 e. The first-order valence-electron chi connectivity index (χ1n) is 10.7. The van der Waals surface area contributed by atoms with Crippen LogP contribution in [0.25, 0.3) is 0 Å². The zero-order valence-corrected chi connectivity index (χ0v) is 18.5. The molecule has 0 aromatic heterocycles. The van der Waals surface area contributed by atoms with Crippen molar-refractivity contribution < 1.29 is 14.3 Å². The number of guanidine groups is 1. The zero-order chi connectivity index (χ0) is 22.1. The van der Waals surface area contributed by atoms with Crippen molar-refractivity contribution in [3.8, 4) is 5.75 Å². The van der Waals surface area contributed by atoms with Crippen molar-refractivity contribution in [3.05, 3.63) is 64.7 Å². The smallest absolute Gasteiger partial charge is 0.251 e. The zero-order valence-electron chi connectivity index (χ0n) is 18.5. The third kappa shape index (κ3) is 6.72. The summed E-state index contributed by atoms with van der Waals surface area (Å²) in [7, 11) is 3.37. The van der Waals surface area contributed by atoms with Gasteiger partial charge in [0, 0.05) is 44.9 Å². The monoisotopic (exact) mass is 424 g/mol. The van der Waals surface area contributed by atoms with E-state index in [2.05, 4.69) is 46.1 Å². The Morgan fingerprint density at radius 2 is 1.94 bits per heavy atom. The number of aryl methyl sites for hydroxylation is 1. The molecule has 0 saturated carbocycles. The van der Waals surface area contributed by atoms with Gasteiger partial charge in [-0.05, 0) is 49.1 Å². The van der Waals surface area contributed by atoms with Crippen molar-refractivity contribution in [2.75, 3.05) is 27.3 Å². The predicted octanol–water partition coefficient (Wildman–Crippen LogP) is 2.78. The number of carbonyl (C=O) groups is 1. The first-order valence-corrected chi connectivity index (χ1v) is 10.7. The summed E-state index contributed by atoms with van der Waals surface area (Å²) in [5.41, 5.74) is 3.94. The molecule has 0 aliphatic carbocycles. The van der Waals surface area contributed by atoms with E-state index < -0.39 is 0 Å². The summed E-state index contributed by atoms with van der Waals surface area (Å²) < 4.78 is 11.7. The maximum absolute atomic E-state index is 11.7. The number of carbonyl (C=O) groups excluding carboxylic acids is 1. The van der Waals surface area contributed by atoms with Crippen molar-refractivity contribution in [1.29, 1.82) is 0 Å². The number of ether oxygens (including phenoxy) is 2. The molecule has 2 aromatic carbocycles. The predicted molar refractivity (Wildman–Crippen MR) is 123 cm³/mol. The Morgan fingerprint density at radius 3 is 2.61 bits per heavy atom. The molecule has 1 saturated heterocycles. The Bertz CT molecular complexity index is 890. The number of hydrogen-bond acceptors (Lipinski definition) is 4. The molecule has 0 spiro atoms. The molecule has 3 rings (SSSR count). The Kier molecular flexibility index (Phi) is 8.29. The molecular weight excluding hydrogens is 392 g/mol. The fraction of sp³-hybridized carbons (Fsp3) is 0.417. The van der Waals surface area contributed by atoms with E-state index in [0.717, 1.165) is 41.9 Å². The molecule has 3 N–H and O–H groups in total. The van der Waals surface area contributed by atoms with Gasteiger partial charge in [0.15, 0.2) is 5.96 Å². The fourth-order valence-corrected chi connectivity index (χ4v) is 3.40. The van der Waals surface area contributed by atoms with Crippen LogP contribution in [0, 0.1) is 6.92 Å². The maximum atomic E-state index is 11.7. The summed E-state index contributed by atoms with van der Waals surface area (Å²) in [5, 5.41) is 9.27. The molecule has 7 nitrogen and oxygen atoms in total. The molecule has 31 heavy (non-hydrogen) atoms. The second kappa shape index (κ2) is 11.4. The van der Waals surface area contributed by atoms with E-state index in [-0.39, 0.29) is 12.0 Å². The highest BCUT2D eigenvalue weighted by atomic mass is 16.5. The van der Waals surface area contributed by atoms with Gasteiger partial charge in [0.2, 0.25) is 0 Å². The van der Waals surface area contributed by atoms with Crippen molar-refractivity contribution in [2.24, 2.45) is 4.99 Å². The third-order valence-corrected chi connectivity index (χ3v) is 5.24. The average Bonchev–Trinajstić information content (AvgIpc) is 3.32. The van der Waals surface area contributed by atoms with Gasteiger partial charge in [-0.1, -0.05) is 24.3 Å². The number of hydrogen-bond donors (Lipinski definition) is 3. The van der Waals surface area contributed by atoms with Crippen molar-refractivity contribution in [1.82, 2.24) is 16.0 Å². The molecule has 2 aromatic rings. The Labute approximate surface area is 184 Å². The second-order valence-electron chi connectivity index (χ2n) is 7.61. The van der Waals surface area contributed by atoms with Gasteiger partial charge in [-0.3, -0.25) is 9.79 Å². The molecule has 1 fully saturated rings. The van der Waals surface area contributed by atoms with Crippen LogP contribution in [-0.2, 0) is 17.8 Å². The maximum Gasteiger partial charge on any atom is 0.251 e. The molecule has 0 bridgehead atoms. The van der Waals surface area contributed by atoms with Crippen molar-refractivity contribution in [3.63, 3.8) is 0 Å². The van der Waals surface area contributed by atoms with E-state index in [1.54, 1.807) is 14.1 Å². The highest BCUT2D eigenvalue weighted by molar-refractivity contribution is 5.93. The SMILES string of the molecule is CN=C(NCc1ccc(C(=O)NC)cc1)NCc1ccc(C)cc1OCC1CCCO1. The van der Waals surface area contributed by atoms with E-state index in [0.29, 0.717) is 31.2 Å². The fourth-order valence-electron chi connectivity index (χ4n) is 3.40. The lowest BCUT2D eigenvalue weighted by molar-refractivity contribution is 0.0676. The highest BCUT2D eigenvalue weighted by Gasteiger charge is 2.17. The van der Waals surface area contributed by atoms with Crippen LogP contribution in [0.1, 0.15) is 39.9 Å². The van der Waals surface area contributed by atoms with E-state index in [4.69, 9.17) is 9.47 Å². The number of nitrogens with zero attached hydrogens (tertiary/aromatic N) is 1. The number of amides is 1. The summed E-state index contributed by atoms with van der Waals surface area (Å²) in [4.78, 5) is 16.0. The number of rotatable bonds is 8. The Morgan fingerprint density at radius 1 is 1.16 bits per heavy atom. The Balaban J connectivity index is 1.53. The van der Waals surface area contributed by atoms with Gasteiger partial charge < -0.3 is 25.4 Å². The minimum absolute atomic E-state index is 0.0902. The quantitative estimate of drug-likeness (QED) is 0.448. The molecule has 1 atom stereocenters. The molecule has 1 aliphatic rings.